The van der Waals surface area contributed by atoms with Crippen molar-refractivity contribution in [3.05, 3.63) is 35.9 Å². The van der Waals surface area contributed by atoms with Crippen LogP contribution in [0.3, 0.4) is 0 Å². The summed E-state index contributed by atoms with van der Waals surface area (Å²) in [6.07, 6.45) is 3.51. The minimum absolute atomic E-state index is 0.376. The van der Waals surface area contributed by atoms with Gasteiger partial charge in [-0.15, -0.1) is 0 Å². The normalized spacial score (nSPS) is 22.2. The van der Waals surface area contributed by atoms with Crippen LogP contribution in [-0.2, 0) is 10.2 Å². The Hall–Kier alpha value is -1.35. The fraction of sp³-hybridized carbons (Fsp3) is 0.611. The van der Waals surface area contributed by atoms with Gasteiger partial charge in [-0.1, -0.05) is 44.2 Å². The number of hydrogen-bond donors (Lipinski definition) is 1. The molecule has 0 bridgehead atoms. The van der Waals surface area contributed by atoms with Gasteiger partial charge in [-0.3, -0.25) is 4.79 Å². The molecular formula is C18H27NO2. The maximum absolute atomic E-state index is 11.9. The van der Waals surface area contributed by atoms with Crippen molar-refractivity contribution < 1.29 is 9.90 Å². The maximum Gasteiger partial charge on any atom is 0.315 e. The van der Waals surface area contributed by atoms with Crippen LogP contribution in [0.15, 0.2) is 30.3 Å². The van der Waals surface area contributed by atoms with E-state index in [-0.39, 0.29) is 0 Å². The second-order valence-electron chi connectivity index (χ2n) is 7.30. The number of hydrogen-bond acceptors (Lipinski definition) is 2. The van der Waals surface area contributed by atoms with E-state index in [1.165, 1.54) is 6.42 Å². The van der Waals surface area contributed by atoms with E-state index in [1.54, 1.807) is 0 Å². The zero-order valence-corrected chi connectivity index (χ0v) is 13.4. The number of carboxylic acid groups (broad SMARTS) is 1. The summed E-state index contributed by atoms with van der Waals surface area (Å²) in [7, 11) is 0. The third-order valence-corrected chi connectivity index (χ3v) is 4.86. The van der Waals surface area contributed by atoms with Gasteiger partial charge in [0, 0.05) is 6.54 Å². The van der Waals surface area contributed by atoms with E-state index in [9.17, 15) is 9.90 Å². The molecule has 116 valence electrons. The summed E-state index contributed by atoms with van der Waals surface area (Å²) < 4.78 is 0. The van der Waals surface area contributed by atoms with Crippen molar-refractivity contribution in [3.63, 3.8) is 0 Å². The molecule has 0 amide bonds. The summed E-state index contributed by atoms with van der Waals surface area (Å²) in [6.45, 7) is 9.04. The molecular weight excluding hydrogens is 262 g/mol. The van der Waals surface area contributed by atoms with Gasteiger partial charge in [-0.05, 0) is 50.3 Å². The predicted octanol–water partition coefficient (Wildman–Crippen LogP) is 3.54. The van der Waals surface area contributed by atoms with Gasteiger partial charge in [-0.2, -0.15) is 0 Å². The molecule has 3 heteroatoms. The van der Waals surface area contributed by atoms with Crippen LogP contribution in [0.1, 0.15) is 45.6 Å². The maximum atomic E-state index is 11.9. The van der Waals surface area contributed by atoms with Crippen LogP contribution in [0.2, 0.25) is 0 Å². The molecule has 3 nitrogen and oxygen atoms in total. The summed E-state index contributed by atoms with van der Waals surface area (Å²) in [5, 5.41) is 9.76. The second-order valence-corrected chi connectivity index (χ2v) is 7.30. The van der Waals surface area contributed by atoms with Crippen LogP contribution in [0, 0.1) is 5.41 Å². The molecule has 1 aromatic carbocycles. The van der Waals surface area contributed by atoms with Crippen molar-refractivity contribution in [2.24, 2.45) is 5.41 Å². The van der Waals surface area contributed by atoms with Crippen LogP contribution in [0.4, 0.5) is 0 Å². The molecule has 1 aliphatic rings. The van der Waals surface area contributed by atoms with Crippen LogP contribution >= 0.6 is 0 Å². The van der Waals surface area contributed by atoms with E-state index < -0.39 is 11.4 Å². The Labute approximate surface area is 128 Å². The average molecular weight is 289 g/mol. The molecule has 1 fully saturated rings. The highest BCUT2D eigenvalue weighted by atomic mass is 16.4. The van der Waals surface area contributed by atoms with Crippen molar-refractivity contribution in [1.29, 1.82) is 0 Å². The molecule has 1 saturated heterocycles. The molecule has 1 aliphatic heterocycles. The van der Waals surface area contributed by atoms with E-state index in [0.717, 1.165) is 31.5 Å². The van der Waals surface area contributed by atoms with Gasteiger partial charge in [0.2, 0.25) is 0 Å². The Kier molecular flexibility index (Phi) is 4.72. The molecule has 1 atom stereocenters. The standard InChI is InChI=1S/C18H27NO2/c1-17(2)10-7-12-19(13-11-17)14-18(3,16(20)21)15-8-5-4-6-9-15/h4-6,8-9H,7,10-14H2,1-3H3,(H,20,21). The Morgan fingerprint density at radius 2 is 1.90 bits per heavy atom. The van der Waals surface area contributed by atoms with Gasteiger partial charge in [0.05, 0.1) is 0 Å². The molecule has 1 unspecified atom stereocenters. The third kappa shape index (κ3) is 3.85. The van der Waals surface area contributed by atoms with Gasteiger partial charge in [-0.25, -0.2) is 0 Å². The number of likely N-dealkylation sites (tertiary alicyclic amines) is 1. The quantitative estimate of drug-likeness (QED) is 0.921. The Bertz CT molecular complexity index is 483. The van der Waals surface area contributed by atoms with E-state index in [1.807, 2.05) is 37.3 Å². The number of benzene rings is 1. The average Bonchev–Trinajstić information content (AvgIpc) is 2.61. The monoisotopic (exact) mass is 289 g/mol. The zero-order chi connectivity index (χ0) is 15.5. The van der Waals surface area contributed by atoms with Crippen molar-refractivity contribution >= 4 is 5.97 Å². The molecule has 21 heavy (non-hydrogen) atoms. The molecule has 0 aliphatic carbocycles. The lowest BCUT2D eigenvalue weighted by molar-refractivity contribution is -0.144. The molecule has 1 aromatic rings. The van der Waals surface area contributed by atoms with E-state index >= 15 is 0 Å². The van der Waals surface area contributed by atoms with E-state index in [2.05, 4.69) is 18.7 Å². The highest BCUT2D eigenvalue weighted by Gasteiger charge is 2.37. The van der Waals surface area contributed by atoms with Crippen LogP contribution < -0.4 is 0 Å². The van der Waals surface area contributed by atoms with Crippen LogP contribution in [-0.4, -0.2) is 35.6 Å². The molecule has 1 N–H and O–H groups in total. The minimum atomic E-state index is -0.838. The Morgan fingerprint density at radius 3 is 2.52 bits per heavy atom. The zero-order valence-electron chi connectivity index (χ0n) is 13.4. The van der Waals surface area contributed by atoms with Gasteiger partial charge >= 0.3 is 5.97 Å². The number of carbonyl (C=O) groups is 1. The highest BCUT2D eigenvalue weighted by Crippen LogP contribution is 2.32. The van der Waals surface area contributed by atoms with Crippen LogP contribution in [0.5, 0.6) is 0 Å². The first kappa shape index (κ1) is 16.0. The fourth-order valence-corrected chi connectivity index (χ4v) is 3.17. The summed E-state index contributed by atoms with van der Waals surface area (Å²) in [4.78, 5) is 14.2. The van der Waals surface area contributed by atoms with Gasteiger partial charge < -0.3 is 10.0 Å². The molecule has 0 aromatic heterocycles. The molecule has 1 heterocycles. The van der Waals surface area contributed by atoms with Crippen LogP contribution in [0.25, 0.3) is 0 Å². The number of carboxylic acids is 1. The first-order chi connectivity index (χ1) is 9.83. The summed E-state index contributed by atoms with van der Waals surface area (Å²) >= 11 is 0. The topological polar surface area (TPSA) is 40.5 Å². The van der Waals surface area contributed by atoms with Gasteiger partial charge in [0.1, 0.15) is 5.41 Å². The fourth-order valence-electron chi connectivity index (χ4n) is 3.17. The number of nitrogens with zero attached hydrogens (tertiary/aromatic N) is 1. The SMILES string of the molecule is CC1(C)CCCN(CC(C)(C(=O)O)c2ccccc2)CC1. The van der Waals surface area contributed by atoms with Gasteiger partial charge in [0.15, 0.2) is 0 Å². The first-order valence-electron chi connectivity index (χ1n) is 7.85. The minimum Gasteiger partial charge on any atom is -0.481 e. The number of rotatable bonds is 4. The number of aliphatic carboxylic acids is 1. The lowest BCUT2D eigenvalue weighted by Gasteiger charge is -2.32. The summed E-state index contributed by atoms with van der Waals surface area (Å²) in [5.41, 5.74) is 0.428. The van der Waals surface area contributed by atoms with Crippen molar-refractivity contribution in [2.75, 3.05) is 19.6 Å². The Morgan fingerprint density at radius 1 is 1.24 bits per heavy atom. The van der Waals surface area contributed by atoms with Gasteiger partial charge in [0.25, 0.3) is 0 Å². The summed E-state index contributed by atoms with van der Waals surface area (Å²) in [6, 6.07) is 9.62. The Balaban J connectivity index is 2.15. The predicted molar refractivity (Wildman–Crippen MR) is 85.5 cm³/mol. The highest BCUT2D eigenvalue weighted by molar-refractivity contribution is 5.81. The molecule has 2 rings (SSSR count). The van der Waals surface area contributed by atoms with E-state index in [4.69, 9.17) is 0 Å². The second kappa shape index (κ2) is 6.18. The molecule has 0 radical (unpaired) electrons. The van der Waals surface area contributed by atoms with Crippen molar-refractivity contribution in [3.8, 4) is 0 Å². The smallest absolute Gasteiger partial charge is 0.315 e. The first-order valence-corrected chi connectivity index (χ1v) is 7.85. The largest absolute Gasteiger partial charge is 0.481 e. The lowest BCUT2D eigenvalue weighted by atomic mass is 9.82. The molecule has 0 saturated carbocycles. The molecule has 0 spiro atoms. The lowest BCUT2D eigenvalue weighted by Crippen LogP contribution is -2.45. The van der Waals surface area contributed by atoms with Crippen molar-refractivity contribution in [1.82, 2.24) is 4.90 Å². The third-order valence-electron chi connectivity index (χ3n) is 4.86. The van der Waals surface area contributed by atoms with Crippen molar-refractivity contribution in [2.45, 2.75) is 45.4 Å². The summed E-state index contributed by atoms with van der Waals surface area (Å²) in [5.74, 6) is -0.739. The van der Waals surface area contributed by atoms with E-state index in [0.29, 0.717) is 12.0 Å².